The first-order chi connectivity index (χ1) is 19.2. The normalized spacial score (nSPS) is 14.2. The molecule has 1 atom stereocenters. The molecule has 2 heterocycles. The summed E-state index contributed by atoms with van der Waals surface area (Å²) in [5.74, 6) is -0.578. The maximum absolute atomic E-state index is 14.2. The largest absolute Gasteiger partial charge is 0.327 e. The van der Waals surface area contributed by atoms with Gasteiger partial charge in [0.15, 0.2) is 0 Å². The third kappa shape index (κ3) is 5.26. The number of hydrogen-bond acceptors (Lipinski definition) is 4. The monoisotopic (exact) mass is 554 g/mol. The van der Waals surface area contributed by atoms with Gasteiger partial charge in [-0.25, -0.2) is 0 Å². The lowest BCUT2D eigenvalue weighted by molar-refractivity contribution is -0.384. The summed E-state index contributed by atoms with van der Waals surface area (Å²) in [5, 5.41) is 11.5. The fourth-order valence-corrected chi connectivity index (χ4v) is 5.16. The summed E-state index contributed by atoms with van der Waals surface area (Å²) < 4.78 is 2.07. The summed E-state index contributed by atoms with van der Waals surface area (Å²) >= 11 is 6.37. The molecule has 0 spiro atoms. The molecule has 9 heteroatoms. The Hall–Kier alpha value is -4.69. The minimum Gasteiger partial charge on any atom is -0.327 e. The van der Waals surface area contributed by atoms with Crippen molar-refractivity contribution in [1.82, 2.24) is 9.47 Å². The van der Waals surface area contributed by atoms with Crippen LogP contribution in [0.2, 0.25) is 5.02 Å². The molecule has 5 rings (SSSR count). The Morgan fingerprint density at radius 3 is 2.40 bits per heavy atom. The summed E-state index contributed by atoms with van der Waals surface area (Å²) in [7, 11) is 0. The van der Waals surface area contributed by atoms with Crippen molar-refractivity contribution >= 4 is 40.9 Å². The van der Waals surface area contributed by atoms with Gasteiger partial charge < -0.3 is 9.47 Å². The fraction of sp³-hybridized carbons (Fsp3) is 0.161. The number of nitrogens with zero attached hydrogens (tertiary/aromatic N) is 4. The fourth-order valence-electron chi connectivity index (χ4n) is 4.96. The Labute approximate surface area is 236 Å². The Morgan fingerprint density at radius 1 is 1.00 bits per heavy atom. The highest BCUT2D eigenvalue weighted by atomic mass is 35.5. The second kappa shape index (κ2) is 11.2. The molecule has 1 aromatic heterocycles. The minimum absolute atomic E-state index is 0.0277. The van der Waals surface area contributed by atoms with Crippen molar-refractivity contribution in [2.45, 2.75) is 25.9 Å². The second-order valence-corrected chi connectivity index (χ2v) is 10.2. The molecule has 0 N–H and O–H groups in total. The summed E-state index contributed by atoms with van der Waals surface area (Å²) in [4.78, 5) is 41.1. The summed E-state index contributed by atoms with van der Waals surface area (Å²) in [6.45, 7) is 3.57. The molecule has 0 fully saturated rings. The Kier molecular flexibility index (Phi) is 7.53. The molecule has 0 saturated heterocycles. The number of para-hydroxylation sites is 2. The van der Waals surface area contributed by atoms with Crippen LogP contribution in [0.3, 0.4) is 0 Å². The van der Waals surface area contributed by atoms with Crippen LogP contribution in [0.15, 0.2) is 97.2 Å². The highest BCUT2D eigenvalue weighted by Crippen LogP contribution is 2.42. The van der Waals surface area contributed by atoms with Gasteiger partial charge in [-0.05, 0) is 79.6 Å². The number of anilines is 1. The molecule has 2 amide bonds. The lowest BCUT2D eigenvalue weighted by atomic mass is 9.97. The van der Waals surface area contributed by atoms with Crippen LogP contribution in [0, 0.1) is 10.1 Å². The van der Waals surface area contributed by atoms with Gasteiger partial charge >= 0.3 is 0 Å². The zero-order valence-electron chi connectivity index (χ0n) is 22.0. The van der Waals surface area contributed by atoms with Gasteiger partial charge in [0.25, 0.3) is 5.69 Å². The van der Waals surface area contributed by atoms with Gasteiger partial charge in [0.05, 0.1) is 22.0 Å². The molecule has 3 aromatic carbocycles. The number of amides is 2. The van der Waals surface area contributed by atoms with Gasteiger partial charge in [-0.2, -0.15) is 0 Å². The summed E-state index contributed by atoms with van der Waals surface area (Å²) in [6, 6.07) is 24.3. The molecular formula is C31H27ClN4O4. The quantitative estimate of drug-likeness (QED) is 0.150. The Bertz CT molecular complexity index is 1610. The molecule has 40 heavy (non-hydrogen) atoms. The van der Waals surface area contributed by atoms with E-state index in [2.05, 4.69) is 4.57 Å². The van der Waals surface area contributed by atoms with Crippen LogP contribution in [-0.4, -0.2) is 38.8 Å². The van der Waals surface area contributed by atoms with Gasteiger partial charge in [-0.15, -0.1) is 0 Å². The standard InChI is InChI=1S/C31H27ClN4O4/c1-21(2)34(29(37)17-14-22-12-15-25(16-13-22)36(39)40)20-30(38)35-27-10-4-3-9-26(27)33-18-6-11-28(33)31(35)23-7-5-8-24(32)19-23/h3-19,21,31H,20H2,1-2H3/b17-14+/t31-/m0/s1. The van der Waals surface area contributed by atoms with Crippen LogP contribution in [0.1, 0.15) is 36.7 Å². The van der Waals surface area contributed by atoms with E-state index in [9.17, 15) is 19.7 Å². The van der Waals surface area contributed by atoms with E-state index in [4.69, 9.17) is 11.6 Å². The predicted octanol–water partition coefficient (Wildman–Crippen LogP) is 6.43. The molecule has 202 valence electrons. The van der Waals surface area contributed by atoms with E-state index in [1.54, 1.807) is 29.2 Å². The number of aromatic nitrogens is 1. The lowest BCUT2D eigenvalue weighted by Gasteiger charge is -2.40. The van der Waals surface area contributed by atoms with Crippen LogP contribution in [0.25, 0.3) is 11.8 Å². The zero-order valence-corrected chi connectivity index (χ0v) is 22.7. The molecule has 1 aliphatic rings. The number of nitro groups is 1. The van der Waals surface area contributed by atoms with Crippen molar-refractivity contribution in [1.29, 1.82) is 0 Å². The van der Waals surface area contributed by atoms with Gasteiger partial charge in [-0.3, -0.25) is 24.6 Å². The molecule has 0 unspecified atom stereocenters. The van der Waals surface area contributed by atoms with E-state index in [0.29, 0.717) is 10.6 Å². The molecule has 0 aliphatic carbocycles. The van der Waals surface area contributed by atoms with E-state index in [1.165, 1.54) is 23.1 Å². The number of hydrogen-bond donors (Lipinski definition) is 0. The van der Waals surface area contributed by atoms with E-state index in [-0.39, 0.29) is 30.1 Å². The molecule has 8 nitrogen and oxygen atoms in total. The smallest absolute Gasteiger partial charge is 0.269 e. The molecule has 1 aliphatic heterocycles. The second-order valence-electron chi connectivity index (χ2n) is 9.75. The molecule has 0 saturated carbocycles. The van der Waals surface area contributed by atoms with Crippen LogP contribution >= 0.6 is 11.6 Å². The van der Waals surface area contributed by atoms with Gasteiger partial charge in [0.2, 0.25) is 11.8 Å². The number of nitro benzene ring substituents is 1. The van der Waals surface area contributed by atoms with Crippen LogP contribution in [0.4, 0.5) is 11.4 Å². The van der Waals surface area contributed by atoms with E-state index >= 15 is 0 Å². The van der Waals surface area contributed by atoms with Crippen LogP contribution in [-0.2, 0) is 9.59 Å². The van der Waals surface area contributed by atoms with Gasteiger partial charge in [-0.1, -0.05) is 35.9 Å². The highest BCUT2D eigenvalue weighted by molar-refractivity contribution is 6.30. The maximum atomic E-state index is 14.2. The van der Waals surface area contributed by atoms with Crippen molar-refractivity contribution in [2.75, 3.05) is 11.4 Å². The van der Waals surface area contributed by atoms with Crippen molar-refractivity contribution in [3.05, 3.63) is 129 Å². The van der Waals surface area contributed by atoms with Crippen LogP contribution in [0.5, 0.6) is 0 Å². The number of carbonyl (C=O) groups is 2. The third-order valence-corrected chi connectivity index (χ3v) is 7.12. The van der Waals surface area contributed by atoms with Crippen molar-refractivity contribution in [3.63, 3.8) is 0 Å². The van der Waals surface area contributed by atoms with Crippen molar-refractivity contribution < 1.29 is 14.5 Å². The SMILES string of the molecule is CC(C)N(CC(=O)N1c2ccccc2-n2cccc2[C@@H]1c1cccc(Cl)c1)C(=O)/C=C/c1ccc([N+](=O)[O-])cc1. The first kappa shape index (κ1) is 26.9. The van der Waals surface area contributed by atoms with Crippen LogP contribution < -0.4 is 4.90 Å². The highest BCUT2D eigenvalue weighted by Gasteiger charge is 2.37. The van der Waals surface area contributed by atoms with E-state index in [0.717, 1.165) is 22.6 Å². The number of fused-ring (bicyclic) bond motifs is 3. The van der Waals surface area contributed by atoms with Gasteiger partial charge in [0, 0.05) is 35.5 Å². The number of benzene rings is 3. The first-order valence-corrected chi connectivity index (χ1v) is 13.2. The van der Waals surface area contributed by atoms with E-state index < -0.39 is 11.0 Å². The zero-order chi connectivity index (χ0) is 28.4. The predicted molar refractivity (Wildman–Crippen MR) is 156 cm³/mol. The number of halogens is 1. The number of carbonyl (C=O) groups excluding carboxylic acids is 2. The van der Waals surface area contributed by atoms with E-state index in [1.807, 2.05) is 74.6 Å². The lowest BCUT2D eigenvalue weighted by Crippen LogP contribution is -2.48. The molecule has 0 radical (unpaired) electrons. The summed E-state index contributed by atoms with van der Waals surface area (Å²) in [5.41, 5.74) is 3.99. The Balaban J connectivity index is 1.47. The maximum Gasteiger partial charge on any atom is 0.269 e. The summed E-state index contributed by atoms with van der Waals surface area (Å²) in [6.07, 6.45) is 4.95. The molecule has 0 bridgehead atoms. The topological polar surface area (TPSA) is 88.7 Å². The molecule has 4 aromatic rings. The first-order valence-electron chi connectivity index (χ1n) is 12.8. The number of non-ortho nitro benzene ring substituents is 1. The van der Waals surface area contributed by atoms with Crippen molar-refractivity contribution in [3.8, 4) is 5.69 Å². The minimum atomic E-state index is -0.475. The average Bonchev–Trinajstić information content (AvgIpc) is 3.44. The average molecular weight is 555 g/mol. The Morgan fingerprint density at radius 2 is 1.73 bits per heavy atom. The third-order valence-electron chi connectivity index (χ3n) is 6.89. The number of rotatable bonds is 7. The molecular weight excluding hydrogens is 528 g/mol. The van der Waals surface area contributed by atoms with Crippen molar-refractivity contribution in [2.24, 2.45) is 0 Å². The van der Waals surface area contributed by atoms with Gasteiger partial charge in [0.1, 0.15) is 12.6 Å².